The minimum atomic E-state index is -0.889. The number of alkyl halides is 1. The molecule has 60 valence electrons. The number of nitrogens with zero attached hydrogens (tertiary/aromatic N) is 1. The maximum atomic E-state index is 10.7. The Kier molecular flexibility index (Phi) is 2.09. The molecule has 0 unspecified atom stereocenters. The minimum Gasteiger partial charge on any atom is -0.269 e. The maximum absolute atomic E-state index is 10.7. The summed E-state index contributed by atoms with van der Waals surface area (Å²) in [4.78, 5) is 32.7. The van der Waals surface area contributed by atoms with Crippen LogP contribution in [0.3, 0.4) is 0 Å². The smallest absolute Gasteiger partial charge is 0.269 e. The lowest BCUT2D eigenvalue weighted by Gasteiger charge is -2.06. The second-order valence-corrected chi connectivity index (χ2v) is 2.28. The monoisotopic (exact) mass is 176 g/mol. The molecule has 1 aliphatic heterocycles. The van der Waals surface area contributed by atoms with Crippen LogP contribution in [0.25, 0.3) is 0 Å². The fourth-order valence-electron chi connectivity index (χ4n) is 0.720. The van der Waals surface area contributed by atoms with E-state index >= 15 is 0 Å². The van der Waals surface area contributed by atoms with Crippen LogP contribution < -0.4 is 5.32 Å². The predicted molar refractivity (Wildman–Crippen MR) is 36.0 cm³/mol. The maximum Gasteiger partial charge on any atom is 0.331 e. The van der Waals surface area contributed by atoms with E-state index < -0.39 is 17.8 Å². The van der Waals surface area contributed by atoms with Crippen LogP contribution in [-0.2, 0) is 9.59 Å². The average Bonchev–Trinajstić information content (AvgIpc) is 2.17. The fourth-order valence-corrected chi connectivity index (χ4v) is 0.890. The van der Waals surface area contributed by atoms with Crippen LogP contribution in [0.15, 0.2) is 0 Å². The summed E-state index contributed by atoms with van der Waals surface area (Å²) in [5.74, 6) is -1.59. The van der Waals surface area contributed by atoms with Gasteiger partial charge in [-0.1, -0.05) is 0 Å². The summed E-state index contributed by atoms with van der Waals surface area (Å²) in [6.07, 6.45) is 0. The van der Waals surface area contributed by atoms with Crippen molar-refractivity contribution in [1.82, 2.24) is 10.2 Å². The highest BCUT2D eigenvalue weighted by Crippen LogP contribution is 1.99. The van der Waals surface area contributed by atoms with Crippen molar-refractivity contribution in [2.45, 2.75) is 0 Å². The summed E-state index contributed by atoms with van der Waals surface area (Å²) in [6, 6.07) is -0.694. The first-order valence-corrected chi connectivity index (χ1v) is 3.43. The van der Waals surface area contributed by atoms with Gasteiger partial charge in [0.25, 0.3) is 0 Å². The second kappa shape index (κ2) is 2.87. The first-order valence-electron chi connectivity index (χ1n) is 2.89. The van der Waals surface area contributed by atoms with Crippen molar-refractivity contribution in [3.8, 4) is 0 Å². The van der Waals surface area contributed by atoms with Crippen molar-refractivity contribution in [3.05, 3.63) is 0 Å². The molecule has 0 bridgehead atoms. The molecule has 1 rings (SSSR count). The van der Waals surface area contributed by atoms with E-state index in [1.54, 1.807) is 0 Å². The Balaban J connectivity index is 2.71. The van der Waals surface area contributed by atoms with Crippen LogP contribution in [0.5, 0.6) is 0 Å². The van der Waals surface area contributed by atoms with Gasteiger partial charge in [-0.05, 0) is 0 Å². The Labute approximate surface area is 67.3 Å². The molecule has 4 amide bonds. The standard InChI is InChI=1S/C5H5ClN2O3/c6-1-2-8-4(10)3(9)7-5(8)11/h1-2H2,(H,7,9,11). The molecule has 0 radical (unpaired) electrons. The molecule has 0 aromatic rings. The molecule has 1 heterocycles. The first kappa shape index (κ1) is 8.00. The van der Waals surface area contributed by atoms with E-state index in [1.807, 2.05) is 5.32 Å². The van der Waals surface area contributed by atoms with Crippen LogP contribution in [0, 0.1) is 0 Å². The summed E-state index contributed by atoms with van der Waals surface area (Å²) in [5.41, 5.74) is 0. The Morgan fingerprint density at radius 2 is 2.00 bits per heavy atom. The molecule has 1 fully saturated rings. The minimum absolute atomic E-state index is 0.0674. The molecule has 11 heavy (non-hydrogen) atoms. The number of rotatable bonds is 2. The van der Waals surface area contributed by atoms with E-state index in [-0.39, 0.29) is 12.4 Å². The lowest BCUT2D eigenvalue weighted by molar-refractivity contribution is -0.140. The molecule has 1 aliphatic rings. The van der Waals surface area contributed by atoms with Gasteiger partial charge in [0.2, 0.25) is 0 Å². The quantitative estimate of drug-likeness (QED) is 0.344. The molecular weight excluding hydrogens is 172 g/mol. The number of hydrogen-bond donors (Lipinski definition) is 1. The summed E-state index contributed by atoms with van der Waals surface area (Å²) in [6.45, 7) is 0.0674. The fraction of sp³-hybridized carbons (Fsp3) is 0.400. The van der Waals surface area contributed by atoms with Gasteiger partial charge < -0.3 is 0 Å². The van der Waals surface area contributed by atoms with Gasteiger partial charge >= 0.3 is 17.8 Å². The van der Waals surface area contributed by atoms with Gasteiger partial charge in [-0.15, -0.1) is 11.6 Å². The molecule has 0 aromatic heterocycles. The summed E-state index contributed by atoms with van der Waals surface area (Å²) in [7, 11) is 0. The molecule has 1 saturated heterocycles. The number of amides is 4. The summed E-state index contributed by atoms with van der Waals surface area (Å²) in [5, 5.41) is 1.84. The highest BCUT2D eigenvalue weighted by molar-refractivity contribution is 6.44. The predicted octanol–water partition coefficient (Wildman–Crippen LogP) is -0.696. The molecule has 6 heteroatoms. The van der Waals surface area contributed by atoms with Crippen molar-refractivity contribution in [3.63, 3.8) is 0 Å². The number of halogens is 1. The number of nitrogens with one attached hydrogen (secondary N) is 1. The number of urea groups is 1. The molecule has 5 nitrogen and oxygen atoms in total. The Morgan fingerprint density at radius 1 is 1.36 bits per heavy atom. The van der Waals surface area contributed by atoms with Crippen LogP contribution in [-0.4, -0.2) is 35.2 Å². The van der Waals surface area contributed by atoms with E-state index in [0.717, 1.165) is 4.90 Å². The first-order chi connectivity index (χ1) is 5.16. The number of imide groups is 2. The van der Waals surface area contributed by atoms with Crippen LogP contribution >= 0.6 is 11.6 Å². The molecule has 1 N–H and O–H groups in total. The zero-order valence-electron chi connectivity index (χ0n) is 5.46. The molecule has 0 atom stereocenters. The normalized spacial score (nSPS) is 17.5. The second-order valence-electron chi connectivity index (χ2n) is 1.91. The zero-order chi connectivity index (χ0) is 8.43. The van der Waals surface area contributed by atoms with Crippen LogP contribution in [0.1, 0.15) is 0 Å². The number of hydrogen-bond acceptors (Lipinski definition) is 3. The number of carbonyl (C=O) groups excluding carboxylic acids is 3. The van der Waals surface area contributed by atoms with E-state index in [2.05, 4.69) is 0 Å². The van der Waals surface area contributed by atoms with Gasteiger partial charge in [0.05, 0.1) is 0 Å². The molecule has 0 aliphatic carbocycles. The molecule has 0 aromatic carbocycles. The van der Waals surface area contributed by atoms with Crippen molar-refractivity contribution < 1.29 is 14.4 Å². The summed E-state index contributed by atoms with van der Waals surface area (Å²) < 4.78 is 0. The van der Waals surface area contributed by atoms with Gasteiger partial charge in [-0.25, -0.2) is 4.79 Å². The lowest BCUT2D eigenvalue weighted by Crippen LogP contribution is -2.32. The Hall–Kier alpha value is -1.10. The topological polar surface area (TPSA) is 66.5 Å². The molecular formula is C5H5ClN2O3. The SMILES string of the molecule is O=C1NC(=O)N(CCCl)C1=O. The third kappa shape index (κ3) is 1.32. The Morgan fingerprint density at radius 3 is 2.36 bits per heavy atom. The number of carbonyl (C=O) groups is 3. The third-order valence-corrected chi connectivity index (χ3v) is 1.38. The van der Waals surface area contributed by atoms with E-state index in [9.17, 15) is 14.4 Å². The van der Waals surface area contributed by atoms with Gasteiger partial charge in [0, 0.05) is 12.4 Å². The summed E-state index contributed by atoms with van der Waals surface area (Å²) >= 11 is 5.27. The Bertz CT molecular complexity index is 228. The van der Waals surface area contributed by atoms with Gasteiger partial charge in [0.1, 0.15) is 0 Å². The largest absolute Gasteiger partial charge is 0.331 e. The average molecular weight is 177 g/mol. The van der Waals surface area contributed by atoms with Gasteiger partial charge in [-0.3, -0.25) is 19.8 Å². The van der Waals surface area contributed by atoms with E-state index in [4.69, 9.17) is 11.6 Å². The third-order valence-electron chi connectivity index (χ3n) is 1.21. The lowest BCUT2D eigenvalue weighted by atomic mass is 10.5. The van der Waals surface area contributed by atoms with Crippen molar-refractivity contribution >= 4 is 29.4 Å². The van der Waals surface area contributed by atoms with Gasteiger partial charge in [0.15, 0.2) is 0 Å². The van der Waals surface area contributed by atoms with Crippen molar-refractivity contribution in [2.24, 2.45) is 0 Å². The molecule has 0 spiro atoms. The zero-order valence-corrected chi connectivity index (χ0v) is 6.22. The van der Waals surface area contributed by atoms with Gasteiger partial charge in [-0.2, -0.15) is 0 Å². The van der Waals surface area contributed by atoms with Crippen molar-refractivity contribution in [1.29, 1.82) is 0 Å². The van der Waals surface area contributed by atoms with Crippen LogP contribution in [0.4, 0.5) is 4.79 Å². The van der Waals surface area contributed by atoms with Crippen LogP contribution in [0.2, 0.25) is 0 Å². The van der Waals surface area contributed by atoms with E-state index in [1.165, 1.54) is 0 Å². The highest BCUT2D eigenvalue weighted by Gasteiger charge is 2.35. The highest BCUT2D eigenvalue weighted by atomic mass is 35.5. The molecule has 0 saturated carbocycles. The van der Waals surface area contributed by atoms with Crippen molar-refractivity contribution in [2.75, 3.05) is 12.4 Å². The van der Waals surface area contributed by atoms with E-state index in [0.29, 0.717) is 0 Å².